The molecule has 0 aliphatic heterocycles. The summed E-state index contributed by atoms with van der Waals surface area (Å²) in [6.07, 6.45) is 2.31. The molecular formula is C16H20FN3. The van der Waals surface area contributed by atoms with E-state index in [1.165, 1.54) is 6.07 Å². The van der Waals surface area contributed by atoms with Crippen molar-refractivity contribution in [3.63, 3.8) is 0 Å². The Balaban J connectivity index is 2.13. The van der Waals surface area contributed by atoms with Crippen LogP contribution in [0.15, 0.2) is 18.2 Å². The average Bonchev–Trinajstić information content (AvgIpc) is 3.16. The maximum Gasteiger partial charge on any atom is 0.132 e. The fraction of sp³-hybridized carbons (Fsp3) is 0.438. The van der Waals surface area contributed by atoms with Gasteiger partial charge in [-0.25, -0.2) is 9.37 Å². The van der Waals surface area contributed by atoms with Gasteiger partial charge in [0.25, 0.3) is 0 Å². The maximum absolute atomic E-state index is 13.8. The van der Waals surface area contributed by atoms with Gasteiger partial charge in [0.1, 0.15) is 23.2 Å². The molecule has 1 heterocycles. The normalized spacial score (nSPS) is 15.1. The van der Waals surface area contributed by atoms with Crippen molar-refractivity contribution in [2.45, 2.75) is 45.6 Å². The predicted molar refractivity (Wildman–Crippen MR) is 79.1 cm³/mol. The molecule has 0 radical (unpaired) electrons. The zero-order chi connectivity index (χ0) is 14.4. The van der Waals surface area contributed by atoms with Crippen LogP contribution in [-0.4, -0.2) is 9.55 Å². The van der Waals surface area contributed by atoms with Crippen molar-refractivity contribution in [3.8, 4) is 11.3 Å². The number of imidazole rings is 1. The highest BCUT2D eigenvalue weighted by Gasteiger charge is 2.30. The van der Waals surface area contributed by atoms with Crippen LogP contribution in [0.5, 0.6) is 0 Å². The minimum Gasteiger partial charge on any atom is -0.383 e. The van der Waals surface area contributed by atoms with Gasteiger partial charge < -0.3 is 10.3 Å². The molecule has 1 aromatic carbocycles. The molecular weight excluding hydrogens is 253 g/mol. The number of benzene rings is 1. The van der Waals surface area contributed by atoms with Crippen molar-refractivity contribution in [3.05, 3.63) is 35.4 Å². The SMILES string of the molecule is Cc1ccc(-c2nc(C(C)C)n(C3CC3)c2N)cc1F. The number of aromatic nitrogens is 2. The van der Waals surface area contributed by atoms with Crippen molar-refractivity contribution in [1.82, 2.24) is 9.55 Å². The van der Waals surface area contributed by atoms with Crippen LogP contribution >= 0.6 is 0 Å². The Morgan fingerprint density at radius 3 is 2.60 bits per heavy atom. The van der Waals surface area contributed by atoms with Crippen LogP contribution in [-0.2, 0) is 0 Å². The van der Waals surface area contributed by atoms with E-state index in [4.69, 9.17) is 5.73 Å². The van der Waals surface area contributed by atoms with Crippen LogP contribution in [0.2, 0.25) is 0 Å². The number of nitrogens with zero attached hydrogens (tertiary/aromatic N) is 2. The first kappa shape index (κ1) is 13.2. The molecule has 1 fully saturated rings. The van der Waals surface area contributed by atoms with Gasteiger partial charge in [0.15, 0.2) is 0 Å². The van der Waals surface area contributed by atoms with E-state index in [0.717, 1.165) is 24.2 Å². The van der Waals surface area contributed by atoms with Gasteiger partial charge in [-0.05, 0) is 31.4 Å². The van der Waals surface area contributed by atoms with E-state index < -0.39 is 0 Å². The van der Waals surface area contributed by atoms with E-state index in [9.17, 15) is 4.39 Å². The van der Waals surface area contributed by atoms with Crippen LogP contribution in [0.3, 0.4) is 0 Å². The number of hydrogen-bond acceptors (Lipinski definition) is 2. The highest BCUT2D eigenvalue weighted by Crippen LogP contribution is 2.42. The van der Waals surface area contributed by atoms with Gasteiger partial charge in [0, 0.05) is 17.5 Å². The highest BCUT2D eigenvalue weighted by molar-refractivity contribution is 5.71. The lowest BCUT2D eigenvalue weighted by Crippen LogP contribution is -2.06. The van der Waals surface area contributed by atoms with Crippen LogP contribution in [0, 0.1) is 12.7 Å². The molecule has 0 saturated heterocycles. The molecule has 0 amide bonds. The van der Waals surface area contributed by atoms with Gasteiger partial charge in [-0.3, -0.25) is 0 Å². The maximum atomic E-state index is 13.8. The van der Waals surface area contributed by atoms with Gasteiger partial charge in [-0.1, -0.05) is 26.0 Å². The van der Waals surface area contributed by atoms with Crippen molar-refractivity contribution in [2.24, 2.45) is 0 Å². The lowest BCUT2D eigenvalue weighted by Gasteiger charge is -2.10. The summed E-state index contributed by atoms with van der Waals surface area (Å²) in [7, 11) is 0. The lowest BCUT2D eigenvalue weighted by molar-refractivity contribution is 0.619. The molecule has 1 saturated carbocycles. The molecule has 20 heavy (non-hydrogen) atoms. The zero-order valence-corrected chi connectivity index (χ0v) is 12.2. The van der Waals surface area contributed by atoms with Gasteiger partial charge in [-0.15, -0.1) is 0 Å². The van der Waals surface area contributed by atoms with E-state index in [1.54, 1.807) is 13.0 Å². The molecule has 2 aromatic rings. The minimum absolute atomic E-state index is 0.214. The second-order valence-electron chi connectivity index (χ2n) is 5.92. The number of anilines is 1. The number of nitrogen functional groups attached to an aromatic ring is 1. The molecule has 0 unspecified atom stereocenters. The second kappa shape index (κ2) is 4.62. The number of halogens is 1. The van der Waals surface area contributed by atoms with Crippen molar-refractivity contribution < 1.29 is 4.39 Å². The van der Waals surface area contributed by atoms with Gasteiger partial charge in [0.2, 0.25) is 0 Å². The Labute approximate surface area is 118 Å². The highest BCUT2D eigenvalue weighted by atomic mass is 19.1. The lowest BCUT2D eigenvalue weighted by atomic mass is 10.1. The molecule has 0 atom stereocenters. The monoisotopic (exact) mass is 273 g/mol. The smallest absolute Gasteiger partial charge is 0.132 e. The van der Waals surface area contributed by atoms with Crippen LogP contribution in [0.4, 0.5) is 10.2 Å². The molecule has 4 heteroatoms. The van der Waals surface area contributed by atoms with Gasteiger partial charge >= 0.3 is 0 Å². The Bertz CT molecular complexity index is 654. The number of aryl methyl sites for hydroxylation is 1. The van der Waals surface area contributed by atoms with E-state index in [1.807, 2.05) is 6.07 Å². The van der Waals surface area contributed by atoms with Crippen molar-refractivity contribution >= 4 is 5.82 Å². The number of hydrogen-bond donors (Lipinski definition) is 1. The van der Waals surface area contributed by atoms with Crippen molar-refractivity contribution in [1.29, 1.82) is 0 Å². The standard InChI is InChI=1S/C16H20FN3/c1-9(2)16-19-14(15(18)20(16)12-6-7-12)11-5-4-10(3)13(17)8-11/h4-5,8-9,12H,6-7,18H2,1-3H3. The summed E-state index contributed by atoms with van der Waals surface area (Å²) in [6.45, 7) is 5.98. The molecule has 0 bridgehead atoms. The first-order valence-electron chi connectivity index (χ1n) is 7.13. The van der Waals surface area contributed by atoms with E-state index >= 15 is 0 Å². The molecule has 1 aliphatic carbocycles. The molecule has 2 N–H and O–H groups in total. The minimum atomic E-state index is -0.214. The molecule has 1 aromatic heterocycles. The van der Waals surface area contributed by atoms with Gasteiger partial charge in [-0.2, -0.15) is 0 Å². The van der Waals surface area contributed by atoms with Crippen molar-refractivity contribution in [2.75, 3.05) is 5.73 Å². The Hall–Kier alpha value is -1.84. The topological polar surface area (TPSA) is 43.8 Å². The van der Waals surface area contributed by atoms with Gasteiger partial charge in [0.05, 0.1) is 0 Å². The second-order valence-corrected chi connectivity index (χ2v) is 5.92. The Morgan fingerprint density at radius 1 is 1.35 bits per heavy atom. The van der Waals surface area contributed by atoms with E-state index in [-0.39, 0.29) is 5.82 Å². The summed E-state index contributed by atoms with van der Waals surface area (Å²) in [5.74, 6) is 1.76. The third kappa shape index (κ3) is 2.09. The zero-order valence-electron chi connectivity index (χ0n) is 12.2. The summed E-state index contributed by atoms with van der Waals surface area (Å²) in [5, 5.41) is 0. The summed E-state index contributed by atoms with van der Waals surface area (Å²) < 4.78 is 15.9. The summed E-state index contributed by atoms with van der Waals surface area (Å²) in [4.78, 5) is 4.68. The Morgan fingerprint density at radius 2 is 2.05 bits per heavy atom. The van der Waals surface area contributed by atoms with E-state index in [0.29, 0.717) is 29.0 Å². The van der Waals surface area contributed by atoms with Crippen LogP contribution < -0.4 is 5.73 Å². The fourth-order valence-electron chi connectivity index (χ4n) is 2.54. The molecule has 1 aliphatic rings. The molecule has 106 valence electrons. The Kier molecular flexibility index (Phi) is 3.04. The first-order valence-corrected chi connectivity index (χ1v) is 7.13. The molecule has 0 spiro atoms. The number of rotatable bonds is 3. The summed E-state index contributed by atoms with van der Waals surface area (Å²) >= 11 is 0. The first-order chi connectivity index (χ1) is 9.49. The molecule has 3 rings (SSSR count). The van der Waals surface area contributed by atoms with Crippen LogP contribution in [0.1, 0.15) is 50.0 Å². The average molecular weight is 273 g/mol. The fourth-order valence-corrected chi connectivity index (χ4v) is 2.54. The summed E-state index contributed by atoms with van der Waals surface area (Å²) in [5.41, 5.74) is 8.38. The predicted octanol–water partition coefficient (Wildman–Crippen LogP) is 4.04. The number of nitrogens with two attached hydrogens (primary N) is 1. The third-order valence-corrected chi connectivity index (χ3v) is 3.85. The molecule has 3 nitrogen and oxygen atoms in total. The van der Waals surface area contributed by atoms with E-state index in [2.05, 4.69) is 23.4 Å². The van der Waals surface area contributed by atoms with Crippen LogP contribution in [0.25, 0.3) is 11.3 Å². The largest absolute Gasteiger partial charge is 0.383 e. The summed E-state index contributed by atoms with van der Waals surface area (Å²) in [6, 6.07) is 5.66. The third-order valence-electron chi connectivity index (χ3n) is 3.85. The quantitative estimate of drug-likeness (QED) is 0.917.